The zero-order chi connectivity index (χ0) is 12.1. The quantitative estimate of drug-likeness (QED) is 0.638. The van der Waals surface area contributed by atoms with E-state index in [1.807, 2.05) is 0 Å². The number of carboxylic acid groups (broad SMARTS) is 1. The molecular weight excluding hydrogens is 210 g/mol. The molecule has 1 aliphatic carbocycles. The Morgan fingerprint density at radius 2 is 1.69 bits per heavy atom. The number of nitrogens with one attached hydrogen (secondary N) is 1. The minimum absolute atomic E-state index is 0.317. The Balaban J connectivity index is 2.39. The van der Waals surface area contributed by atoms with E-state index in [1.54, 1.807) is 13.8 Å². The first kappa shape index (κ1) is 11.1. The first-order valence-corrected chi connectivity index (χ1v) is 5.36. The maximum atomic E-state index is 11.7. The molecule has 2 fully saturated rings. The minimum Gasteiger partial charge on any atom is -0.481 e. The highest BCUT2D eigenvalue weighted by molar-refractivity contribution is 6.04. The summed E-state index contributed by atoms with van der Waals surface area (Å²) in [6.07, 6.45) is 1.09. The SMILES string of the molecule is C[C@]12CC(C(=O)O)C[C@](C)(C1)C(=O)NC2=O. The van der Waals surface area contributed by atoms with Crippen LogP contribution in [0, 0.1) is 16.7 Å². The fourth-order valence-corrected chi connectivity index (χ4v) is 3.09. The van der Waals surface area contributed by atoms with Gasteiger partial charge < -0.3 is 5.11 Å². The van der Waals surface area contributed by atoms with Crippen molar-refractivity contribution in [2.24, 2.45) is 16.7 Å². The smallest absolute Gasteiger partial charge is 0.306 e. The number of carbonyl (C=O) groups is 3. The van der Waals surface area contributed by atoms with Crippen LogP contribution >= 0.6 is 0 Å². The van der Waals surface area contributed by atoms with Crippen molar-refractivity contribution in [2.75, 3.05) is 0 Å². The van der Waals surface area contributed by atoms with Crippen LogP contribution in [0.4, 0.5) is 0 Å². The molecule has 1 unspecified atom stereocenters. The zero-order valence-electron chi connectivity index (χ0n) is 9.37. The van der Waals surface area contributed by atoms with Gasteiger partial charge in [-0.15, -0.1) is 0 Å². The maximum absolute atomic E-state index is 11.7. The molecule has 2 rings (SSSR count). The van der Waals surface area contributed by atoms with E-state index in [0.717, 1.165) is 0 Å². The molecule has 0 aromatic rings. The second kappa shape index (κ2) is 3.06. The van der Waals surface area contributed by atoms with Gasteiger partial charge in [-0.3, -0.25) is 19.7 Å². The third kappa shape index (κ3) is 1.42. The van der Waals surface area contributed by atoms with Crippen LogP contribution in [-0.4, -0.2) is 22.9 Å². The molecule has 2 aliphatic rings. The molecule has 1 heterocycles. The normalized spacial score (nSPS) is 42.8. The number of piperidine rings is 1. The van der Waals surface area contributed by atoms with Crippen LogP contribution < -0.4 is 5.32 Å². The fraction of sp³-hybridized carbons (Fsp3) is 0.727. The van der Waals surface area contributed by atoms with Gasteiger partial charge in [0.25, 0.3) is 0 Å². The summed E-state index contributed by atoms with van der Waals surface area (Å²) in [7, 11) is 0. The summed E-state index contributed by atoms with van der Waals surface area (Å²) >= 11 is 0. The zero-order valence-corrected chi connectivity index (χ0v) is 9.37. The van der Waals surface area contributed by atoms with Gasteiger partial charge in [0, 0.05) is 10.8 Å². The second-order valence-electron chi connectivity index (χ2n) is 5.52. The average Bonchev–Trinajstić information content (AvgIpc) is 2.14. The van der Waals surface area contributed by atoms with Crippen LogP contribution in [0.5, 0.6) is 0 Å². The van der Waals surface area contributed by atoms with E-state index in [4.69, 9.17) is 5.11 Å². The number of carbonyl (C=O) groups excluding carboxylic acids is 2. The highest BCUT2D eigenvalue weighted by Gasteiger charge is 2.56. The van der Waals surface area contributed by atoms with Gasteiger partial charge in [0.15, 0.2) is 0 Å². The number of carboxylic acids is 1. The lowest BCUT2D eigenvalue weighted by Gasteiger charge is -2.48. The Hall–Kier alpha value is -1.39. The van der Waals surface area contributed by atoms with E-state index < -0.39 is 22.7 Å². The number of rotatable bonds is 1. The van der Waals surface area contributed by atoms with Crippen molar-refractivity contribution in [3.05, 3.63) is 0 Å². The van der Waals surface area contributed by atoms with E-state index in [1.165, 1.54) is 0 Å². The lowest BCUT2D eigenvalue weighted by atomic mass is 9.57. The maximum Gasteiger partial charge on any atom is 0.306 e. The van der Waals surface area contributed by atoms with Crippen molar-refractivity contribution < 1.29 is 19.5 Å². The molecule has 0 radical (unpaired) electrons. The van der Waals surface area contributed by atoms with Crippen LogP contribution in [0.1, 0.15) is 33.1 Å². The Labute approximate surface area is 93.2 Å². The largest absolute Gasteiger partial charge is 0.481 e. The summed E-state index contributed by atoms with van der Waals surface area (Å²) in [5, 5.41) is 11.4. The second-order valence-corrected chi connectivity index (χ2v) is 5.52. The highest BCUT2D eigenvalue weighted by Crippen LogP contribution is 2.51. The molecule has 5 nitrogen and oxygen atoms in total. The Bertz CT molecular complexity index is 363. The first-order valence-electron chi connectivity index (χ1n) is 5.36. The van der Waals surface area contributed by atoms with Crippen molar-refractivity contribution in [3.63, 3.8) is 0 Å². The van der Waals surface area contributed by atoms with Crippen LogP contribution in [0.25, 0.3) is 0 Å². The number of hydrogen-bond donors (Lipinski definition) is 2. The summed E-state index contributed by atoms with van der Waals surface area (Å²) in [5.41, 5.74) is -1.44. The molecule has 0 spiro atoms. The number of imide groups is 1. The van der Waals surface area contributed by atoms with E-state index in [-0.39, 0.29) is 11.8 Å². The molecule has 1 saturated heterocycles. The number of fused-ring (bicyclic) bond motifs is 2. The van der Waals surface area contributed by atoms with Gasteiger partial charge in [-0.05, 0) is 19.3 Å². The summed E-state index contributed by atoms with van der Waals surface area (Å²) in [6, 6.07) is 0. The highest BCUT2D eigenvalue weighted by atomic mass is 16.4. The monoisotopic (exact) mass is 225 g/mol. The predicted octanol–water partition coefficient (Wildman–Crippen LogP) is 0.540. The van der Waals surface area contributed by atoms with Gasteiger partial charge in [0.2, 0.25) is 11.8 Å². The molecular formula is C11H15NO4. The fourth-order valence-electron chi connectivity index (χ4n) is 3.09. The van der Waals surface area contributed by atoms with Crippen molar-refractivity contribution in [2.45, 2.75) is 33.1 Å². The third-order valence-corrected chi connectivity index (χ3v) is 3.85. The lowest BCUT2D eigenvalue weighted by Crippen LogP contribution is -2.60. The van der Waals surface area contributed by atoms with Crippen LogP contribution in [0.15, 0.2) is 0 Å². The topological polar surface area (TPSA) is 83.5 Å². The standard InChI is InChI=1S/C11H15NO4/c1-10-3-6(7(13)14)4-11(2,5-10)9(16)12-8(10)15/h6H,3-5H2,1-2H3,(H,13,14)(H,12,15,16)/t6?,10-,11+. The summed E-state index contributed by atoms with van der Waals surface area (Å²) in [5.74, 6) is -2.18. The van der Waals surface area contributed by atoms with Crippen LogP contribution in [-0.2, 0) is 14.4 Å². The van der Waals surface area contributed by atoms with Gasteiger partial charge in [0.05, 0.1) is 5.92 Å². The molecule has 1 saturated carbocycles. The van der Waals surface area contributed by atoms with Crippen molar-refractivity contribution >= 4 is 17.8 Å². The van der Waals surface area contributed by atoms with Crippen molar-refractivity contribution in [1.29, 1.82) is 0 Å². The summed E-state index contributed by atoms with van der Waals surface area (Å²) in [6.45, 7) is 3.48. The number of amides is 2. The van der Waals surface area contributed by atoms with E-state index in [0.29, 0.717) is 19.3 Å². The van der Waals surface area contributed by atoms with E-state index in [9.17, 15) is 14.4 Å². The Kier molecular flexibility index (Phi) is 2.12. The van der Waals surface area contributed by atoms with Crippen molar-refractivity contribution in [1.82, 2.24) is 5.32 Å². The summed E-state index contributed by atoms with van der Waals surface area (Å²) < 4.78 is 0. The Morgan fingerprint density at radius 3 is 2.06 bits per heavy atom. The van der Waals surface area contributed by atoms with E-state index >= 15 is 0 Å². The molecule has 5 heteroatoms. The molecule has 16 heavy (non-hydrogen) atoms. The molecule has 0 aromatic heterocycles. The third-order valence-electron chi connectivity index (χ3n) is 3.85. The first-order chi connectivity index (χ1) is 7.27. The van der Waals surface area contributed by atoms with Gasteiger partial charge in [0.1, 0.15) is 0 Å². The molecule has 2 N–H and O–H groups in total. The molecule has 0 aromatic carbocycles. The number of hydrogen-bond acceptors (Lipinski definition) is 3. The van der Waals surface area contributed by atoms with E-state index in [2.05, 4.69) is 5.32 Å². The minimum atomic E-state index is -0.917. The lowest BCUT2D eigenvalue weighted by molar-refractivity contribution is -0.162. The average molecular weight is 225 g/mol. The summed E-state index contributed by atoms with van der Waals surface area (Å²) in [4.78, 5) is 34.5. The van der Waals surface area contributed by atoms with Gasteiger partial charge in [-0.25, -0.2) is 0 Å². The Morgan fingerprint density at radius 1 is 1.25 bits per heavy atom. The molecule has 1 aliphatic heterocycles. The van der Waals surface area contributed by atoms with Crippen molar-refractivity contribution in [3.8, 4) is 0 Å². The molecule has 3 atom stereocenters. The predicted molar refractivity (Wildman–Crippen MR) is 54.3 cm³/mol. The van der Waals surface area contributed by atoms with Gasteiger partial charge >= 0.3 is 5.97 Å². The molecule has 2 bridgehead atoms. The molecule has 88 valence electrons. The van der Waals surface area contributed by atoms with Gasteiger partial charge in [-0.2, -0.15) is 0 Å². The number of aliphatic carboxylic acids is 1. The molecule has 2 amide bonds. The van der Waals surface area contributed by atoms with Gasteiger partial charge in [-0.1, -0.05) is 13.8 Å². The van der Waals surface area contributed by atoms with Crippen LogP contribution in [0.2, 0.25) is 0 Å². The van der Waals surface area contributed by atoms with Crippen LogP contribution in [0.3, 0.4) is 0 Å².